The quantitative estimate of drug-likeness (QED) is 0.0166. The normalized spacial score (nSPS) is 18.4. The average Bonchev–Trinajstić information content (AvgIpc) is 3.89. The highest BCUT2D eigenvalue weighted by Gasteiger charge is 2.51. The van der Waals surface area contributed by atoms with Crippen molar-refractivity contribution < 1.29 is 57.3 Å². The molecule has 0 N–H and O–H groups in total. The Morgan fingerprint density at radius 1 is 0.661 bits per heavy atom. The largest absolute Gasteiger partial charge is 0.494 e. The third-order valence-electron chi connectivity index (χ3n) is 10.7. The van der Waals surface area contributed by atoms with Gasteiger partial charge in [0.15, 0.2) is 11.9 Å². The van der Waals surface area contributed by atoms with E-state index in [0.717, 1.165) is 113 Å². The van der Waals surface area contributed by atoms with Gasteiger partial charge in [-0.1, -0.05) is 88.1 Å². The van der Waals surface area contributed by atoms with Crippen LogP contribution in [0.2, 0.25) is 0 Å². The predicted molar refractivity (Wildman–Crippen MR) is 240 cm³/mol. The van der Waals surface area contributed by atoms with Crippen LogP contribution in [0, 0.1) is 5.92 Å². The molecule has 0 saturated carbocycles. The van der Waals surface area contributed by atoms with Gasteiger partial charge in [-0.25, -0.2) is 9.59 Å². The topological polar surface area (TPSA) is 126 Å². The average molecular weight is 863 g/mol. The second-order valence-corrected chi connectivity index (χ2v) is 15.5. The lowest BCUT2D eigenvalue weighted by Gasteiger charge is -2.18. The van der Waals surface area contributed by atoms with E-state index in [4.69, 9.17) is 47.7 Å². The predicted octanol–water partition coefficient (Wildman–Crippen LogP) is 9.86. The van der Waals surface area contributed by atoms with Crippen molar-refractivity contribution >= 4 is 29.8 Å². The first-order valence-corrected chi connectivity index (χ1v) is 22.5. The summed E-state index contributed by atoms with van der Waals surface area (Å²) in [5.41, 5.74) is 2.66. The van der Waals surface area contributed by atoms with E-state index in [-0.39, 0.29) is 24.6 Å². The van der Waals surface area contributed by atoms with Crippen LogP contribution in [0.15, 0.2) is 79.6 Å². The van der Waals surface area contributed by atoms with Crippen molar-refractivity contribution in [3.8, 4) is 5.75 Å². The highest BCUT2D eigenvalue weighted by Crippen LogP contribution is 2.38. The third-order valence-corrected chi connectivity index (χ3v) is 10.7. The number of ether oxygens (including phenoxy) is 8. The Kier molecular flexibility index (Phi) is 24.7. The maximum atomic E-state index is 12.8. The smallest absolute Gasteiger partial charge is 0.331 e. The van der Waals surface area contributed by atoms with E-state index in [2.05, 4.69) is 13.2 Å². The van der Waals surface area contributed by atoms with Crippen LogP contribution in [-0.2, 0) is 52.5 Å². The van der Waals surface area contributed by atoms with Gasteiger partial charge < -0.3 is 42.8 Å². The molecule has 0 unspecified atom stereocenters. The molecule has 2 aliphatic rings. The van der Waals surface area contributed by atoms with Gasteiger partial charge in [0.05, 0.1) is 52.2 Å². The molecule has 0 bridgehead atoms. The molecule has 2 aliphatic heterocycles. The number of benzene rings is 2. The summed E-state index contributed by atoms with van der Waals surface area (Å²) in [6, 6.07) is 15.5. The SMILES string of the molecule is C=CC(=O)OCCCCCCCCCCOc1ccc(/C=C/C(=O)O[C@@H]2CO[C@H]3[C@@H]2OC[C@@H]3C(=Cc2ccc(C(=C)OCCCCCOCCCCCOC)cc2)OOC)cc1. The minimum Gasteiger partial charge on any atom is -0.494 e. The number of carbonyl (C=O) groups is 2. The zero-order valence-corrected chi connectivity index (χ0v) is 37.1. The number of esters is 2. The molecular formula is C50H70O12. The van der Waals surface area contributed by atoms with Crippen LogP contribution in [0.5, 0.6) is 5.75 Å². The first-order chi connectivity index (χ1) is 30.4. The standard InChI is InChI=1S/C50H70O12/c1-5-47(51)58-35-18-11-9-7-6-8-10-17-34-57-43-27-22-40(23-28-43)24-29-48(52)61-46-38-60-49-44(37-59-50(46)49)45(62-54-4)36-41-20-25-42(26-21-41)39(2)56-33-19-13-16-32-55-31-15-12-14-30-53-3/h5,20-29,36,44,46,49-50H,1-2,6-19,30-35,37-38H2,3-4H3/b29-24+,45-36?/t44-,46-,49-,50-/m1/s1. The van der Waals surface area contributed by atoms with Crippen molar-refractivity contribution in [2.24, 2.45) is 5.92 Å². The highest BCUT2D eigenvalue weighted by molar-refractivity contribution is 5.87. The lowest BCUT2D eigenvalue weighted by molar-refractivity contribution is -0.245. The number of unbranched alkanes of at least 4 members (excludes halogenated alkanes) is 11. The molecule has 0 amide bonds. The van der Waals surface area contributed by atoms with Gasteiger partial charge in [0.1, 0.15) is 17.6 Å². The molecule has 0 aliphatic carbocycles. The van der Waals surface area contributed by atoms with Crippen molar-refractivity contribution in [1.29, 1.82) is 0 Å². The van der Waals surface area contributed by atoms with Crippen molar-refractivity contribution in [1.82, 2.24) is 0 Å². The maximum absolute atomic E-state index is 12.8. The number of hydrogen-bond donors (Lipinski definition) is 0. The van der Waals surface area contributed by atoms with Crippen LogP contribution in [0.4, 0.5) is 0 Å². The van der Waals surface area contributed by atoms with Gasteiger partial charge >= 0.3 is 11.9 Å². The molecule has 0 spiro atoms. The van der Waals surface area contributed by atoms with Crippen LogP contribution in [0.25, 0.3) is 17.9 Å². The summed E-state index contributed by atoms with van der Waals surface area (Å²) < 4.78 is 45.6. The van der Waals surface area contributed by atoms with Gasteiger partial charge in [-0.05, 0) is 86.8 Å². The summed E-state index contributed by atoms with van der Waals surface area (Å²) in [6.45, 7) is 12.2. The first-order valence-electron chi connectivity index (χ1n) is 22.5. The monoisotopic (exact) mass is 862 g/mol. The van der Waals surface area contributed by atoms with Crippen molar-refractivity contribution in [3.05, 3.63) is 96.3 Å². The second kappa shape index (κ2) is 30.6. The van der Waals surface area contributed by atoms with Crippen molar-refractivity contribution in [3.63, 3.8) is 0 Å². The number of methoxy groups -OCH3 is 1. The molecule has 62 heavy (non-hydrogen) atoms. The minimum absolute atomic E-state index is 0.217. The maximum Gasteiger partial charge on any atom is 0.331 e. The summed E-state index contributed by atoms with van der Waals surface area (Å²) in [4.78, 5) is 34.6. The Morgan fingerprint density at radius 2 is 1.24 bits per heavy atom. The summed E-state index contributed by atoms with van der Waals surface area (Å²) >= 11 is 0. The van der Waals surface area contributed by atoms with Crippen LogP contribution in [-0.4, -0.2) is 97.3 Å². The Balaban J connectivity index is 1.10. The van der Waals surface area contributed by atoms with Gasteiger partial charge in [0.2, 0.25) is 0 Å². The van der Waals surface area contributed by atoms with Crippen molar-refractivity contribution in [2.75, 3.05) is 67.1 Å². The van der Waals surface area contributed by atoms with E-state index in [1.807, 2.05) is 54.6 Å². The van der Waals surface area contributed by atoms with Gasteiger partial charge in [-0.2, -0.15) is 4.89 Å². The summed E-state index contributed by atoms with van der Waals surface area (Å²) in [6.07, 6.45) is 20.0. The van der Waals surface area contributed by atoms with Crippen LogP contribution in [0.1, 0.15) is 107 Å². The fourth-order valence-electron chi connectivity index (χ4n) is 7.23. The van der Waals surface area contributed by atoms with E-state index in [9.17, 15) is 9.59 Å². The van der Waals surface area contributed by atoms with E-state index < -0.39 is 18.2 Å². The van der Waals surface area contributed by atoms with E-state index >= 15 is 0 Å². The van der Waals surface area contributed by atoms with E-state index in [1.165, 1.54) is 38.5 Å². The number of fused-ring (bicyclic) bond motifs is 1. The van der Waals surface area contributed by atoms with Gasteiger partial charge in [-0.15, -0.1) is 0 Å². The fourth-order valence-corrected chi connectivity index (χ4v) is 7.23. The molecule has 0 aromatic heterocycles. The third kappa shape index (κ3) is 19.3. The van der Waals surface area contributed by atoms with Crippen LogP contribution >= 0.6 is 0 Å². The summed E-state index contributed by atoms with van der Waals surface area (Å²) in [5.74, 6) is 0.902. The molecule has 2 fully saturated rings. The zero-order chi connectivity index (χ0) is 44.0. The Bertz CT molecular complexity index is 1640. The molecule has 12 heteroatoms. The van der Waals surface area contributed by atoms with Crippen LogP contribution < -0.4 is 4.74 Å². The second-order valence-electron chi connectivity index (χ2n) is 15.5. The number of rotatable bonds is 34. The fraction of sp³-hybridized carbons (Fsp3) is 0.560. The molecule has 12 nitrogen and oxygen atoms in total. The van der Waals surface area contributed by atoms with Crippen molar-refractivity contribution in [2.45, 2.75) is 108 Å². The summed E-state index contributed by atoms with van der Waals surface area (Å²) in [5, 5.41) is 0. The molecule has 2 heterocycles. The lowest BCUT2D eigenvalue weighted by Crippen LogP contribution is -2.33. The van der Waals surface area contributed by atoms with E-state index in [0.29, 0.717) is 37.9 Å². The van der Waals surface area contributed by atoms with Gasteiger partial charge in [0.25, 0.3) is 0 Å². The van der Waals surface area contributed by atoms with E-state index in [1.54, 1.807) is 13.2 Å². The van der Waals surface area contributed by atoms with Gasteiger partial charge in [0, 0.05) is 44.6 Å². The molecule has 4 atom stereocenters. The number of carbonyl (C=O) groups excluding carboxylic acids is 2. The molecule has 2 saturated heterocycles. The summed E-state index contributed by atoms with van der Waals surface area (Å²) in [7, 11) is 3.19. The Hall–Kier alpha value is -4.46. The van der Waals surface area contributed by atoms with Crippen LogP contribution in [0.3, 0.4) is 0 Å². The Labute approximate surface area is 369 Å². The van der Waals surface area contributed by atoms with Gasteiger partial charge in [-0.3, -0.25) is 0 Å². The molecule has 4 rings (SSSR count). The highest BCUT2D eigenvalue weighted by atomic mass is 17.2. The molecule has 2 aromatic rings. The lowest BCUT2D eigenvalue weighted by atomic mass is 9.97. The molecular weight excluding hydrogens is 793 g/mol. The zero-order valence-electron chi connectivity index (χ0n) is 37.1. The number of hydrogen-bond acceptors (Lipinski definition) is 12. The molecule has 2 aromatic carbocycles. The minimum atomic E-state index is -0.553. The Morgan fingerprint density at radius 3 is 1.90 bits per heavy atom. The molecule has 342 valence electrons. The first kappa shape index (κ1) is 50.2. The molecule has 0 radical (unpaired) electrons.